The predicted octanol–water partition coefficient (Wildman–Crippen LogP) is 5.67. The summed E-state index contributed by atoms with van der Waals surface area (Å²) in [7, 11) is 2.04. The van der Waals surface area contributed by atoms with Gasteiger partial charge in [-0.25, -0.2) is 9.97 Å². The minimum Gasteiger partial charge on any atom is -0.333 e. The van der Waals surface area contributed by atoms with Crippen molar-refractivity contribution in [3.8, 4) is 17.1 Å². The molecule has 0 radical (unpaired) electrons. The standard InChI is InChI=1S/C23H26N4/c1-15(2)17-8-6-9-18(16(3)4)21(17)27-13-12-24-23(27)19-10-7-11-20-22(19)26(5)14-25-20/h6-16H,1-5H3. The second kappa shape index (κ2) is 6.69. The van der Waals surface area contributed by atoms with E-state index < -0.39 is 0 Å². The molecule has 0 N–H and O–H groups in total. The maximum absolute atomic E-state index is 4.76. The Kier molecular flexibility index (Phi) is 4.34. The van der Waals surface area contributed by atoms with Crippen LogP contribution in [0, 0.1) is 0 Å². The highest BCUT2D eigenvalue weighted by atomic mass is 15.1. The summed E-state index contributed by atoms with van der Waals surface area (Å²) in [6, 6.07) is 12.9. The van der Waals surface area contributed by atoms with Gasteiger partial charge in [0, 0.05) is 25.0 Å². The maximum atomic E-state index is 4.76. The lowest BCUT2D eigenvalue weighted by molar-refractivity contribution is 0.806. The first-order valence-electron chi connectivity index (χ1n) is 9.56. The Morgan fingerprint density at radius 1 is 0.852 bits per heavy atom. The number of rotatable bonds is 4. The summed E-state index contributed by atoms with van der Waals surface area (Å²) < 4.78 is 4.33. The molecule has 2 aromatic carbocycles. The Bertz CT molecular complexity index is 1070. The molecule has 2 heterocycles. The predicted molar refractivity (Wildman–Crippen MR) is 111 cm³/mol. The van der Waals surface area contributed by atoms with Crippen LogP contribution in [0.1, 0.15) is 50.7 Å². The largest absolute Gasteiger partial charge is 0.333 e. The fraction of sp³-hybridized carbons (Fsp3) is 0.304. The molecule has 27 heavy (non-hydrogen) atoms. The van der Waals surface area contributed by atoms with Gasteiger partial charge in [-0.2, -0.15) is 0 Å². The molecule has 2 aromatic heterocycles. The zero-order chi connectivity index (χ0) is 19.1. The van der Waals surface area contributed by atoms with Gasteiger partial charge in [0.25, 0.3) is 0 Å². The van der Waals surface area contributed by atoms with Gasteiger partial charge in [0.2, 0.25) is 0 Å². The molecule has 4 rings (SSSR count). The average molecular weight is 358 g/mol. The van der Waals surface area contributed by atoms with E-state index >= 15 is 0 Å². The minimum atomic E-state index is 0.432. The van der Waals surface area contributed by atoms with Gasteiger partial charge in [-0.1, -0.05) is 52.0 Å². The highest BCUT2D eigenvalue weighted by Gasteiger charge is 2.20. The zero-order valence-electron chi connectivity index (χ0n) is 16.6. The van der Waals surface area contributed by atoms with Gasteiger partial charge in [-0.05, 0) is 35.1 Å². The summed E-state index contributed by atoms with van der Waals surface area (Å²) in [4.78, 5) is 9.27. The van der Waals surface area contributed by atoms with Gasteiger partial charge < -0.3 is 4.57 Å². The summed E-state index contributed by atoms with van der Waals surface area (Å²) >= 11 is 0. The Morgan fingerprint density at radius 2 is 1.52 bits per heavy atom. The molecule has 0 unspecified atom stereocenters. The molecule has 0 aliphatic carbocycles. The molecule has 0 atom stereocenters. The van der Waals surface area contributed by atoms with E-state index in [2.05, 4.69) is 78.3 Å². The Labute approximate surface area is 160 Å². The zero-order valence-corrected chi connectivity index (χ0v) is 16.6. The van der Waals surface area contributed by atoms with Crippen molar-refractivity contribution in [2.45, 2.75) is 39.5 Å². The lowest BCUT2D eigenvalue weighted by Crippen LogP contribution is -2.08. The minimum absolute atomic E-state index is 0.432. The van der Waals surface area contributed by atoms with Crippen molar-refractivity contribution in [1.29, 1.82) is 0 Å². The van der Waals surface area contributed by atoms with E-state index in [-0.39, 0.29) is 0 Å². The molecule has 4 nitrogen and oxygen atoms in total. The summed E-state index contributed by atoms with van der Waals surface area (Å²) in [6.45, 7) is 9.01. The third-order valence-corrected chi connectivity index (χ3v) is 5.20. The molecule has 0 amide bonds. The van der Waals surface area contributed by atoms with E-state index in [9.17, 15) is 0 Å². The first-order valence-corrected chi connectivity index (χ1v) is 9.56. The highest BCUT2D eigenvalue weighted by Crippen LogP contribution is 2.35. The average Bonchev–Trinajstić information content (AvgIpc) is 3.28. The molecular weight excluding hydrogens is 332 g/mol. The van der Waals surface area contributed by atoms with E-state index in [4.69, 9.17) is 4.98 Å². The molecule has 4 aromatic rings. The van der Waals surface area contributed by atoms with Crippen LogP contribution in [0.25, 0.3) is 28.1 Å². The summed E-state index contributed by atoms with van der Waals surface area (Å²) in [5.74, 6) is 1.82. The van der Waals surface area contributed by atoms with Gasteiger partial charge >= 0.3 is 0 Å². The first kappa shape index (κ1) is 17.5. The third kappa shape index (κ3) is 2.85. The normalized spacial score (nSPS) is 11.8. The number of hydrogen-bond acceptors (Lipinski definition) is 2. The lowest BCUT2D eigenvalue weighted by Gasteiger charge is -2.22. The van der Waals surface area contributed by atoms with Crippen LogP contribution in [0.4, 0.5) is 0 Å². The molecule has 138 valence electrons. The summed E-state index contributed by atoms with van der Waals surface area (Å²) in [5, 5.41) is 0. The molecule has 0 aliphatic rings. The smallest absolute Gasteiger partial charge is 0.146 e. The molecule has 0 saturated carbocycles. The van der Waals surface area contributed by atoms with Gasteiger partial charge in [0.15, 0.2) is 0 Å². The van der Waals surface area contributed by atoms with Crippen LogP contribution < -0.4 is 0 Å². The Hall–Kier alpha value is -2.88. The Morgan fingerprint density at radius 3 is 2.19 bits per heavy atom. The van der Waals surface area contributed by atoms with E-state index in [0.717, 1.165) is 22.4 Å². The van der Waals surface area contributed by atoms with Gasteiger partial charge in [-0.3, -0.25) is 4.57 Å². The van der Waals surface area contributed by atoms with E-state index in [0.29, 0.717) is 11.8 Å². The number of para-hydroxylation sites is 2. The fourth-order valence-electron chi connectivity index (χ4n) is 3.87. The second-order valence-electron chi connectivity index (χ2n) is 7.74. The van der Waals surface area contributed by atoms with Crippen molar-refractivity contribution in [1.82, 2.24) is 19.1 Å². The molecule has 4 heteroatoms. The Balaban J connectivity index is 2.03. The third-order valence-electron chi connectivity index (χ3n) is 5.20. The van der Waals surface area contributed by atoms with Crippen molar-refractivity contribution in [2.75, 3.05) is 0 Å². The topological polar surface area (TPSA) is 35.6 Å². The number of nitrogens with zero attached hydrogens (tertiary/aromatic N) is 4. The SMILES string of the molecule is CC(C)c1cccc(C(C)C)c1-n1ccnc1-c1cccc2ncn(C)c12. The molecule has 0 bridgehead atoms. The van der Waals surface area contributed by atoms with Crippen LogP contribution in [-0.2, 0) is 7.05 Å². The van der Waals surface area contributed by atoms with Crippen molar-refractivity contribution in [2.24, 2.45) is 7.05 Å². The summed E-state index contributed by atoms with van der Waals surface area (Å²) in [5.41, 5.74) is 7.15. The van der Waals surface area contributed by atoms with E-state index in [1.807, 2.05) is 25.6 Å². The second-order valence-corrected chi connectivity index (χ2v) is 7.74. The first-order chi connectivity index (χ1) is 13.0. The monoisotopic (exact) mass is 358 g/mol. The van der Waals surface area contributed by atoms with Gasteiger partial charge in [0.1, 0.15) is 5.82 Å². The van der Waals surface area contributed by atoms with Crippen molar-refractivity contribution in [3.63, 3.8) is 0 Å². The van der Waals surface area contributed by atoms with Crippen molar-refractivity contribution >= 4 is 11.0 Å². The number of aromatic nitrogens is 4. The van der Waals surface area contributed by atoms with Crippen LogP contribution in [0.15, 0.2) is 55.1 Å². The quantitative estimate of drug-likeness (QED) is 0.471. The molecule has 0 fully saturated rings. The van der Waals surface area contributed by atoms with E-state index in [1.165, 1.54) is 16.8 Å². The number of imidazole rings is 2. The van der Waals surface area contributed by atoms with Crippen LogP contribution in [0.5, 0.6) is 0 Å². The van der Waals surface area contributed by atoms with Gasteiger partial charge in [-0.15, -0.1) is 0 Å². The maximum Gasteiger partial charge on any atom is 0.146 e. The van der Waals surface area contributed by atoms with Crippen LogP contribution in [0.2, 0.25) is 0 Å². The van der Waals surface area contributed by atoms with Crippen molar-refractivity contribution in [3.05, 3.63) is 66.2 Å². The highest BCUT2D eigenvalue weighted by molar-refractivity contribution is 5.90. The molecule has 0 spiro atoms. The number of fused-ring (bicyclic) bond motifs is 1. The van der Waals surface area contributed by atoms with Crippen LogP contribution in [0.3, 0.4) is 0 Å². The van der Waals surface area contributed by atoms with Crippen LogP contribution >= 0.6 is 0 Å². The lowest BCUT2D eigenvalue weighted by atomic mass is 9.92. The van der Waals surface area contributed by atoms with Crippen molar-refractivity contribution < 1.29 is 0 Å². The molecule has 0 saturated heterocycles. The van der Waals surface area contributed by atoms with E-state index in [1.54, 1.807) is 0 Å². The van der Waals surface area contributed by atoms with Crippen LogP contribution in [-0.4, -0.2) is 19.1 Å². The number of aryl methyl sites for hydroxylation is 1. The van der Waals surface area contributed by atoms with Gasteiger partial charge in [0.05, 0.1) is 23.0 Å². The molecular formula is C23H26N4. The molecule has 0 aliphatic heterocycles. The summed E-state index contributed by atoms with van der Waals surface area (Å²) in [6.07, 6.45) is 5.84. The number of hydrogen-bond donors (Lipinski definition) is 0. The fourth-order valence-corrected chi connectivity index (χ4v) is 3.87. The number of benzene rings is 2.